The summed E-state index contributed by atoms with van der Waals surface area (Å²) >= 11 is 0. The summed E-state index contributed by atoms with van der Waals surface area (Å²) in [4.78, 5) is 0. The summed E-state index contributed by atoms with van der Waals surface area (Å²) < 4.78 is 0. The third-order valence-electron chi connectivity index (χ3n) is 2.97. The highest BCUT2D eigenvalue weighted by Gasteiger charge is 2.15. The van der Waals surface area contributed by atoms with Crippen LogP contribution in [0, 0.1) is 0 Å². The lowest BCUT2D eigenvalue weighted by atomic mass is 9.92. The second-order valence-electron chi connectivity index (χ2n) is 4.21. The van der Waals surface area contributed by atoms with E-state index in [9.17, 15) is 10.2 Å². The molecule has 2 nitrogen and oxygen atoms in total. The molecule has 0 heterocycles. The van der Waals surface area contributed by atoms with Crippen LogP contribution < -0.4 is 0 Å². The van der Waals surface area contributed by atoms with Crippen LogP contribution in [0.3, 0.4) is 0 Å². The fourth-order valence-corrected chi connectivity index (χ4v) is 2.21. The summed E-state index contributed by atoms with van der Waals surface area (Å²) in [6, 6.07) is 1.71. The molecular formula is C14H22O2. The van der Waals surface area contributed by atoms with E-state index in [0.717, 1.165) is 37.7 Å². The molecule has 16 heavy (non-hydrogen) atoms. The zero-order valence-corrected chi connectivity index (χ0v) is 10.5. The predicted octanol–water partition coefficient (Wildman–Crippen LogP) is 3.57. The monoisotopic (exact) mass is 222 g/mol. The van der Waals surface area contributed by atoms with Crippen molar-refractivity contribution in [2.24, 2.45) is 0 Å². The standard InChI is InChI=1S/C14H22O2/c1-4-7-11-10(6-3)9-13(15)14(16)12(11)8-5-2/h9,15-16H,4-8H2,1-3H3. The van der Waals surface area contributed by atoms with Crippen LogP contribution in [0.25, 0.3) is 0 Å². The molecular weight excluding hydrogens is 200 g/mol. The Hall–Kier alpha value is -1.18. The van der Waals surface area contributed by atoms with Crippen molar-refractivity contribution in [3.8, 4) is 11.5 Å². The van der Waals surface area contributed by atoms with Crippen molar-refractivity contribution in [3.05, 3.63) is 22.8 Å². The molecule has 0 radical (unpaired) electrons. The molecule has 2 N–H and O–H groups in total. The van der Waals surface area contributed by atoms with Gasteiger partial charge >= 0.3 is 0 Å². The average Bonchev–Trinajstić information content (AvgIpc) is 2.28. The summed E-state index contributed by atoms with van der Waals surface area (Å²) in [6.07, 6.45) is 4.76. The molecule has 0 aliphatic heterocycles. The first-order valence-electron chi connectivity index (χ1n) is 6.21. The highest BCUT2D eigenvalue weighted by atomic mass is 16.3. The highest BCUT2D eigenvalue weighted by molar-refractivity contribution is 5.53. The molecule has 0 amide bonds. The number of hydrogen-bond acceptors (Lipinski definition) is 2. The summed E-state index contributed by atoms with van der Waals surface area (Å²) in [5.41, 5.74) is 3.35. The Morgan fingerprint density at radius 3 is 2.00 bits per heavy atom. The van der Waals surface area contributed by atoms with E-state index in [0.29, 0.717) is 0 Å². The lowest BCUT2D eigenvalue weighted by Gasteiger charge is -2.16. The summed E-state index contributed by atoms with van der Waals surface area (Å²) in [6.45, 7) is 6.31. The van der Waals surface area contributed by atoms with Gasteiger partial charge in [-0.25, -0.2) is 0 Å². The van der Waals surface area contributed by atoms with E-state index in [1.54, 1.807) is 6.07 Å². The Kier molecular flexibility index (Phi) is 4.66. The maximum absolute atomic E-state index is 9.91. The molecule has 2 heteroatoms. The van der Waals surface area contributed by atoms with Crippen LogP contribution in [0.15, 0.2) is 6.07 Å². The first-order chi connectivity index (χ1) is 7.65. The van der Waals surface area contributed by atoms with Gasteiger partial charge in [0.2, 0.25) is 0 Å². The van der Waals surface area contributed by atoms with Gasteiger partial charge in [-0.15, -0.1) is 0 Å². The lowest BCUT2D eigenvalue weighted by Crippen LogP contribution is -2.00. The Bertz CT molecular complexity index is 356. The minimum absolute atomic E-state index is 0.0279. The molecule has 1 aromatic rings. The summed E-state index contributed by atoms with van der Waals surface area (Å²) in [5.74, 6) is 0.114. The number of rotatable bonds is 5. The topological polar surface area (TPSA) is 40.5 Å². The third-order valence-corrected chi connectivity index (χ3v) is 2.97. The van der Waals surface area contributed by atoms with E-state index in [4.69, 9.17) is 0 Å². The van der Waals surface area contributed by atoms with Gasteiger partial charge in [0.1, 0.15) is 0 Å². The Morgan fingerprint density at radius 2 is 1.50 bits per heavy atom. The van der Waals surface area contributed by atoms with E-state index in [2.05, 4.69) is 20.8 Å². The fraction of sp³-hybridized carbons (Fsp3) is 0.571. The Morgan fingerprint density at radius 1 is 0.938 bits per heavy atom. The van der Waals surface area contributed by atoms with Gasteiger partial charge in [0.15, 0.2) is 11.5 Å². The third kappa shape index (κ3) is 2.49. The van der Waals surface area contributed by atoms with Crippen molar-refractivity contribution in [2.45, 2.75) is 52.9 Å². The second kappa shape index (κ2) is 5.78. The number of aryl methyl sites for hydroxylation is 1. The van der Waals surface area contributed by atoms with Crippen LogP contribution in [0.4, 0.5) is 0 Å². The van der Waals surface area contributed by atoms with Crippen LogP contribution in [0.2, 0.25) is 0 Å². The average molecular weight is 222 g/mol. The van der Waals surface area contributed by atoms with E-state index in [1.165, 1.54) is 11.1 Å². The number of hydrogen-bond donors (Lipinski definition) is 2. The number of phenols is 2. The Labute approximate surface area is 97.9 Å². The summed E-state index contributed by atoms with van der Waals surface area (Å²) in [7, 11) is 0. The molecule has 0 spiro atoms. The van der Waals surface area contributed by atoms with Crippen molar-refractivity contribution in [1.82, 2.24) is 0 Å². The molecule has 0 unspecified atom stereocenters. The minimum Gasteiger partial charge on any atom is -0.504 e. The van der Waals surface area contributed by atoms with Crippen LogP contribution in [0.5, 0.6) is 11.5 Å². The van der Waals surface area contributed by atoms with Crippen LogP contribution in [-0.2, 0) is 19.3 Å². The van der Waals surface area contributed by atoms with Crippen LogP contribution in [0.1, 0.15) is 50.3 Å². The quantitative estimate of drug-likeness (QED) is 0.748. The van der Waals surface area contributed by atoms with Gasteiger partial charge in [-0.2, -0.15) is 0 Å². The van der Waals surface area contributed by atoms with E-state index in [1.807, 2.05) is 0 Å². The van der Waals surface area contributed by atoms with Gasteiger partial charge in [-0.1, -0.05) is 33.6 Å². The van der Waals surface area contributed by atoms with Gasteiger partial charge in [-0.3, -0.25) is 0 Å². The molecule has 0 bridgehead atoms. The van der Waals surface area contributed by atoms with Gasteiger partial charge in [0, 0.05) is 5.56 Å². The van der Waals surface area contributed by atoms with Crippen molar-refractivity contribution < 1.29 is 10.2 Å². The van der Waals surface area contributed by atoms with E-state index in [-0.39, 0.29) is 11.5 Å². The first-order valence-corrected chi connectivity index (χ1v) is 6.21. The van der Waals surface area contributed by atoms with Crippen molar-refractivity contribution >= 4 is 0 Å². The van der Waals surface area contributed by atoms with Crippen LogP contribution >= 0.6 is 0 Å². The zero-order chi connectivity index (χ0) is 12.1. The summed E-state index contributed by atoms with van der Waals surface area (Å²) in [5, 5.41) is 19.6. The molecule has 0 aliphatic carbocycles. The van der Waals surface area contributed by atoms with E-state index < -0.39 is 0 Å². The zero-order valence-electron chi connectivity index (χ0n) is 10.5. The molecule has 0 saturated heterocycles. The normalized spacial score (nSPS) is 10.7. The molecule has 0 fully saturated rings. The SMILES string of the molecule is CCCc1c(CC)cc(O)c(O)c1CCC. The maximum atomic E-state index is 9.91. The number of benzene rings is 1. The van der Waals surface area contributed by atoms with Gasteiger partial charge in [-0.05, 0) is 36.5 Å². The minimum atomic E-state index is 0.0279. The largest absolute Gasteiger partial charge is 0.504 e. The first kappa shape index (κ1) is 12.9. The van der Waals surface area contributed by atoms with Crippen molar-refractivity contribution in [3.63, 3.8) is 0 Å². The maximum Gasteiger partial charge on any atom is 0.160 e. The molecule has 0 atom stereocenters. The van der Waals surface area contributed by atoms with Gasteiger partial charge in [0.05, 0.1) is 0 Å². The van der Waals surface area contributed by atoms with Crippen LogP contribution in [-0.4, -0.2) is 10.2 Å². The predicted molar refractivity (Wildman–Crippen MR) is 67.1 cm³/mol. The number of aromatic hydroxyl groups is 2. The molecule has 1 aromatic carbocycles. The van der Waals surface area contributed by atoms with Gasteiger partial charge in [0.25, 0.3) is 0 Å². The van der Waals surface area contributed by atoms with Crippen molar-refractivity contribution in [2.75, 3.05) is 0 Å². The second-order valence-corrected chi connectivity index (χ2v) is 4.21. The fourth-order valence-electron chi connectivity index (χ4n) is 2.21. The number of phenolic OH excluding ortho intramolecular Hbond substituents is 2. The van der Waals surface area contributed by atoms with Crippen molar-refractivity contribution in [1.29, 1.82) is 0 Å². The molecule has 0 saturated carbocycles. The lowest BCUT2D eigenvalue weighted by molar-refractivity contribution is 0.397. The Balaban J connectivity index is 3.31. The molecule has 0 aromatic heterocycles. The molecule has 90 valence electrons. The van der Waals surface area contributed by atoms with Gasteiger partial charge < -0.3 is 10.2 Å². The highest BCUT2D eigenvalue weighted by Crippen LogP contribution is 2.35. The molecule has 1 rings (SSSR count). The molecule has 0 aliphatic rings. The smallest absolute Gasteiger partial charge is 0.160 e. The van der Waals surface area contributed by atoms with E-state index >= 15 is 0 Å².